The summed E-state index contributed by atoms with van der Waals surface area (Å²) in [5, 5.41) is 4.65. The van der Waals surface area contributed by atoms with E-state index in [2.05, 4.69) is 5.10 Å². The van der Waals surface area contributed by atoms with Gasteiger partial charge in [0.15, 0.2) is 11.6 Å². The second-order valence-corrected chi connectivity index (χ2v) is 8.77. The molecule has 0 radical (unpaired) electrons. The van der Waals surface area contributed by atoms with Crippen LogP contribution in [0.3, 0.4) is 0 Å². The average molecular weight is 430 g/mol. The number of fused-ring (bicyclic) bond motifs is 3. The van der Waals surface area contributed by atoms with Crippen molar-refractivity contribution in [3.63, 3.8) is 0 Å². The van der Waals surface area contributed by atoms with Crippen molar-refractivity contribution in [3.8, 4) is 11.6 Å². The fraction of sp³-hybridized carbons (Fsp3) is 0.280. The molecule has 2 aromatic carbocycles. The fourth-order valence-corrected chi connectivity index (χ4v) is 4.90. The molecule has 7 heteroatoms. The summed E-state index contributed by atoms with van der Waals surface area (Å²) in [6.07, 6.45) is -0.0326. The van der Waals surface area contributed by atoms with Gasteiger partial charge in [-0.3, -0.25) is 14.4 Å². The van der Waals surface area contributed by atoms with Crippen LogP contribution in [0.1, 0.15) is 52.2 Å². The van der Waals surface area contributed by atoms with Crippen LogP contribution in [0.2, 0.25) is 0 Å². The maximum absolute atomic E-state index is 13.9. The first-order valence-electron chi connectivity index (χ1n) is 10.4. The third-order valence-electron chi connectivity index (χ3n) is 6.14. The maximum Gasteiger partial charge on any atom is 0.311 e. The Balaban J connectivity index is 1.83. The monoisotopic (exact) mass is 430 g/mol. The molecule has 1 aliphatic carbocycles. The van der Waals surface area contributed by atoms with E-state index in [0.29, 0.717) is 34.0 Å². The van der Waals surface area contributed by atoms with Gasteiger partial charge in [0, 0.05) is 17.5 Å². The largest absolute Gasteiger partial charge is 0.471 e. The highest BCUT2D eigenvalue weighted by atomic mass is 16.5. The van der Waals surface area contributed by atoms with Crippen molar-refractivity contribution >= 4 is 17.5 Å². The van der Waals surface area contributed by atoms with Gasteiger partial charge in [-0.05, 0) is 26.0 Å². The van der Waals surface area contributed by atoms with Gasteiger partial charge < -0.3 is 9.47 Å². The predicted octanol–water partition coefficient (Wildman–Crippen LogP) is 3.47. The Labute approximate surface area is 185 Å². The number of nitrogens with zero attached hydrogens (tertiary/aromatic N) is 2. The van der Waals surface area contributed by atoms with Crippen LogP contribution in [0, 0.1) is 0 Å². The zero-order valence-corrected chi connectivity index (χ0v) is 18.0. The van der Waals surface area contributed by atoms with Crippen molar-refractivity contribution in [2.75, 3.05) is 7.11 Å². The fourth-order valence-electron chi connectivity index (χ4n) is 4.90. The standard InChI is InChI=1S/C25H22N2O5/c1-24(2)14-25(21(29)16-11-7-8-12-17(16)22(25)30)20-18(13-19(28)31-3)26-27(23(20)32-24)15-9-5-4-6-10-15/h4-12H,13-14H2,1-3H3. The number of hydrogen-bond donors (Lipinski definition) is 0. The third kappa shape index (κ3) is 2.74. The lowest BCUT2D eigenvalue weighted by atomic mass is 9.67. The minimum Gasteiger partial charge on any atom is -0.471 e. The van der Waals surface area contributed by atoms with Crippen LogP contribution in [0.5, 0.6) is 5.88 Å². The third-order valence-corrected chi connectivity index (χ3v) is 6.14. The van der Waals surface area contributed by atoms with Gasteiger partial charge in [-0.15, -0.1) is 0 Å². The Bertz CT molecular complexity index is 1240. The summed E-state index contributed by atoms with van der Waals surface area (Å²) < 4.78 is 12.8. The van der Waals surface area contributed by atoms with Crippen LogP contribution in [0.15, 0.2) is 54.6 Å². The Morgan fingerprint density at radius 2 is 1.62 bits per heavy atom. The van der Waals surface area contributed by atoms with E-state index >= 15 is 0 Å². The summed E-state index contributed by atoms with van der Waals surface area (Å²) in [6.45, 7) is 3.70. The minimum atomic E-state index is -1.50. The van der Waals surface area contributed by atoms with Gasteiger partial charge >= 0.3 is 5.97 Å². The molecular formula is C25H22N2O5. The predicted molar refractivity (Wildman–Crippen MR) is 115 cm³/mol. The Hall–Kier alpha value is -3.74. The van der Waals surface area contributed by atoms with E-state index in [0.717, 1.165) is 0 Å². The maximum atomic E-state index is 13.9. The molecule has 0 fully saturated rings. The van der Waals surface area contributed by atoms with E-state index in [1.165, 1.54) is 7.11 Å². The molecule has 5 rings (SSSR count). The Morgan fingerprint density at radius 3 is 2.22 bits per heavy atom. The van der Waals surface area contributed by atoms with Crippen LogP contribution in [0.25, 0.3) is 5.69 Å². The van der Waals surface area contributed by atoms with E-state index in [4.69, 9.17) is 9.47 Å². The number of aromatic nitrogens is 2. The van der Waals surface area contributed by atoms with Crippen LogP contribution >= 0.6 is 0 Å². The molecule has 1 spiro atoms. The molecule has 2 heterocycles. The zero-order chi connectivity index (χ0) is 22.7. The molecule has 1 aromatic heterocycles. The van der Waals surface area contributed by atoms with Gasteiger partial charge in [-0.2, -0.15) is 5.10 Å². The first kappa shape index (κ1) is 20.2. The zero-order valence-electron chi connectivity index (χ0n) is 18.0. The number of carbonyl (C=O) groups is 3. The van der Waals surface area contributed by atoms with Gasteiger partial charge in [-0.25, -0.2) is 4.68 Å². The molecule has 0 bridgehead atoms. The molecule has 0 atom stereocenters. The summed E-state index contributed by atoms with van der Waals surface area (Å²) >= 11 is 0. The highest BCUT2D eigenvalue weighted by molar-refractivity contribution is 6.33. The number of Topliss-reactive ketones (excluding diaryl/α,β-unsaturated/α-hetero) is 2. The second kappa shape index (κ2) is 6.88. The Kier molecular flexibility index (Phi) is 4.34. The van der Waals surface area contributed by atoms with E-state index in [9.17, 15) is 14.4 Å². The number of hydrogen-bond acceptors (Lipinski definition) is 6. The van der Waals surface area contributed by atoms with Crippen molar-refractivity contribution in [2.24, 2.45) is 0 Å². The quantitative estimate of drug-likeness (QED) is 0.467. The van der Waals surface area contributed by atoms with Crippen LogP contribution < -0.4 is 4.74 Å². The van der Waals surface area contributed by atoms with E-state index in [1.54, 1.807) is 28.9 Å². The van der Waals surface area contributed by atoms with E-state index in [1.807, 2.05) is 44.2 Å². The molecule has 0 N–H and O–H groups in total. The van der Waals surface area contributed by atoms with Crippen molar-refractivity contribution in [3.05, 3.63) is 77.0 Å². The number of para-hydroxylation sites is 1. The Morgan fingerprint density at radius 1 is 1.03 bits per heavy atom. The number of ketones is 2. The lowest BCUT2D eigenvalue weighted by molar-refractivity contribution is -0.139. The molecule has 1 aliphatic heterocycles. The average Bonchev–Trinajstić information content (AvgIpc) is 3.23. The van der Waals surface area contributed by atoms with Gasteiger partial charge in [0.05, 0.1) is 30.5 Å². The lowest BCUT2D eigenvalue weighted by Gasteiger charge is -2.41. The SMILES string of the molecule is COC(=O)Cc1nn(-c2ccccc2)c2c1C1(CC(C)(C)O2)C(=O)c2ccccc2C1=O. The van der Waals surface area contributed by atoms with Crippen molar-refractivity contribution in [2.45, 2.75) is 37.7 Å². The second-order valence-electron chi connectivity index (χ2n) is 8.77. The molecule has 162 valence electrons. The molecule has 0 saturated heterocycles. The molecule has 32 heavy (non-hydrogen) atoms. The molecule has 2 aliphatic rings. The lowest BCUT2D eigenvalue weighted by Crippen LogP contribution is -2.51. The molecule has 3 aromatic rings. The summed E-state index contributed by atoms with van der Waals surface area (Å²) in [6, 6.07) is 16.1. The first-order valence-corrected chi connectivity index (χ1v) is 10.4. The van der Waals surface area contributed by atoms with Crippen LogP contribution in [-0.4, -0.2) is 40.0 Å². The number of carbonyl (C=O) groups excluding carboxylic acids is 3. The normalized spacial score (nSPS) is 17.6. The van der Waals surface area contributed by atoms with Crippen LogP contribution in [-0.2, 0) is 21.4 Å². The summed E-state index contributed by atoms with van der Waals surface area (Å²) in [4.78, 5) is 40.0. The molecule has 0 amide bonds. The highest BCUT2D eigenvalue weighted by Crippen LogP contribution is 2.53. The van der Waals surface area contributed by atoms with E-state index < -0.39 is 17.0 Å². The number of benzene rings is 2. The van der Waals surface area contributed by atoms with E-state index in [-0.39, 0.29) is 24.4 Å². The van der Waals surface area contributed by atoms with Crippen molar-refractivity contribution in [1.82, 2.24) is 9.78 Å². The van der Waals surface area contributed by atoms with Gasteiger partial charge in [0.2, 0.25) is 5.88 Å². The molecule has 0 unspecified atom stereocenters. The molecule has 0 saturated carbocycles. The number of rotatable bonds is 3. The minimum absolute atomic E-state index is 0.147. The van der Waals surface area contributed by atoms with Crippen molar-refractivity contribution in [1.29, 1.82) is 0 Å². The molecular weight excluding hydrogens is 408 g/mol. The number of methoxy groups -OCH3 is 1. The number of esters is 1. The highest BCUT2D eigenvalue weighted by Gasteiger charge is 2.62. The first-order chi connectivity index (χ1) is 15.3. The van der Waals surface area contributed by atoms with Crippen molar-refractivity contribution < 1.29 is 23.9 Å². The molecule has 7 nitrogen and oxygen atoms in total. The van der Waals surface area contributed by atoms with Gasteiger partial charge in [0.25, 0.3) is 0 Å². The smallest absolute Gasteiger partial charge is 0.311 e. The van der Waals surface area contributed by atoms with Crippen LogP contribution in [0.4, 0.5) is 0 Å². The summed E-state index contributed by atoms with van der Waals surface area (Å²) in [5.41, 5.74) is -0.191. The topological polar surface area (TPSA) is 87.5 Å². The van der Waals surface area contributed by atoms with Gasteiger partial charge in [-0.1, -0.05) is 42.5 Å². The summed E-state index contributed by atoms with van der Waals surface area (Å²) in [5.74, 6) is -0.773. The summed E-state index contributed by atoms with van der Waals surface area (Å²) in [7, 11) is 1.29. The van der Waals surface area contributed by atoms with Gasteiger partial charge in [0.1, 0.15) is 11.0 Å². The number of ether oxygens (including phenoxy) is 2.